The molecule has 6 heteroatoms. The largest absolute Gasteiger partial charge is 0.480 e. The number of carboxylic acids is 1. The molecule has 10 atom stereocenters. The summed E-state index contributed by atoms with van der Waals surface area (Å²) >= 11 is 0. The van der Waals surface area contributed by atoms with Gasteiger partial charge < -0.3 is 20.6 Å². The van der Waals surface area contributed by atoms with Gasteiger partial charge in [-0.3, -0.25) is 9.59 Å². The fourth-order valence-electron chi connectivity index (χ4n) is 9.11. The quantitative estimate of drug-likeness (QED) is 0.496. The highest BCUT2D eigenvalue weighted by molar-refractivity contribution is 5.81. The van der Waals surface area contributed by atoms with Crippen LogP contribution < -0.4 is 5.32 Å². The van der Waals surface area contributed by atoms with Gasteiger partial charge in [0.1, 0.15) is 6.54 Å². The number of rotatable bonds is 6. The molecule has 0 heterocycles. The van der Waals surface area contributed by atoms with Crippen LogP contribution in [0.5, 0.6) is 0 Å². The number of nitrogens with one attached hydrogen (secondary N) is 1. The molecule has 32 heavy (non-hydrogen) atoms. The van der Waals surface area contributed by atoms with E-state index in [2.05, 4.69) is 26.1 Å². The van der Waals surface area contributed by atoms with E-state index in [1.807, 2.05) is 0 Å². The van der Waals surface area contributed by atoms with Crippen LogP contribution in [0.25, 0.3) is 0 Å². The minimum absolute atomic E-state index is 0.136. The fourth-order valence-corrected chi connectivity index (χ4v) is 9.11. The monoisotopic (exact) mass is 449 g/mol. The molecule has 182 valence electrons. The van der Waals surface area contributed by atoms with Gasteiger partial charge in [-0.15, -0.1) is 0 Å². The van der Waals surface area contributed by atoms with E-state index in [9.17, 15) is 19.8 Å². The Kier molecular flexibility index (Phi) is 6.68. The van der Waals surface area contributed by atoms with Crippen molar-refractivity contribution in [3.63, 3.8) is 0 Å². The lowest BCUT2D eigenvalue weighted by Gasteiger charge is -2.63. The number of amides is 1. The molecule has 0 spiro atoms. The van der Waals surface area contributed by atoms with Gasteiger partial charge in [-0.25, -0.2) is 0 Å². The Bertz CT molecular complexity index is 727. The maximum absolute atomic E-state index is 12.0. The molecule has 4 aliphatic rings. The summed E-state index contributed by atoms with van der Waals surface area (Å²) in [5, 5.41) is 33.7. The smallest absolute Gasteiger partial charge is 0.322 e. The van der Waals surface area contributed by atoms with Crippen molar-refractivity contribution in [2.45, 2.75) is 97.2 Å². The van der Waals surface area contributed by atoms with Crippen LogP contribution in [-0.4, -0.2) is 45.9 Å². The summed E-state index contributed by atoms with van der Waals surface area (Å²) in [5.41, 5.74) is 0.283. The highest BCUT2D eigenvalue weighted by Gasteiger charge is 2.64. The number of aliphatic hydroxyl groups excluding tert-OH is 2. The Balaban J connectivity index is 1.47. The number of carbonyl (C=O) groups excluding carboxylic acids is 1. The molecular formula is C26H43NO5. The summed E-state index contributed by atoms with van der Waals surface area (Å²) in [6.07, 6.45) is 9.06. The Hall–Kier alpha value is -1.14. The van der Waals surface area contributed by atoms with E-state index in [4.69, 9.17) is 5.11 Å². The van der Waals surface area contributed by atoms with Crippen LogP contribution in [0.15, 0.2) is 0 Å². The number of aliphatic hydroxyl groups is 2. The molecule has 0 aromatic heterocycles. The maximum Gasteiger partial charge on any atom is 0.322 e. The predicted molar refractivity (Wildman–Crippen MR) is 122 cm³/mol. The van der Waals surface area contributed by atoms with Crippen molar-refractivity contribution >= 4 is 11.9 Å². The van der Waals surface area contributed by atoms with E-state index in [0.29, 0.717) is 30.1 Å². The molecular weight excluding hydrogens is 406 g/mol. The van der Waals surface area contributed by atoms with E-state index in [0.717, 1.165) is 32.1 Å². The number of hydrogen-bond acceptors (Lipinski definition) is 4. The first kappa shape index (κ1) is 24.0. The molecule has 4 rings (SSSR count). The molecule has 0 bridgehead atoms. The molecule has 0 aliphatic heterocycles. The van der Waals surface area contributed by atoms with Crippen molar-refractivity contribution in [2.24, 2.45) is 46.3 Å². The van der Waals surface area contributed by atoms with Crippen LogP contribution in [0.4, 0.5) is 0 Å². The molecule has 1 amide bonds. The molecule has 6 nitrogen and oxygen atoms in total. The summed E-state index contributed by atoms with van der Waals surface area (Å²) in [5.74, 6) is 1.01. The minimum Gasteiger partial charge on any atom is -0.480 e. The number of aliphatic carboxylic acids is 1. The van der Waals surface area contributed by atoms with E-state index in [-0.39, 0.29) is 35.1 Å². The summed E-state index contributed by atoms with van der Waals surface area (Å²) in [6.45, 7) is 6.72. The average Bonchev–Trinajstić information content (AvgIpc) is 3.11. The van der Waals surface area contributed by atoms with Gasteiger partial charge in [-0.1, -0.05) is 33.6 Å². The van der Waals surface area contributed by atoms with Crippen molar-refractivity contribution in [1.82, 2.24) is 5.32 Å². The summed E-state index contributed by atoms with van der Waals surface area (Å²) in [4.78, 5) is 22.7. The topological polar surface area (TPSA) is 107 Å². The van der Waals surface area contributed by atoms with E-state index < -0.39 is 18.2 Å². The second kappa shape index (κ2) is 8.90. The predicted octanol–water partition coefficient (Wildman–Crippen LogP) is 3.59. The lowest BCUT2D eigenvalue weighted by molar-refractivity contribution is -0.215. The van der Waals surface area contributed by atoms with E-state index >= 15 is 0 Å². The Morgan fingerprint density at radius 1 is 0.938 bits per heavy atom. The SMILES string of the molecule is CC(CCC(=O)NCC(=O)O)C1CCC2C3C(O)C(O)C4CCCCC4(C)C3CCC12C. The number of carbonyl (C=O) groups is 2. The number of carboxylic acid groups (broad SMARTS) is 1. The van der Waals surface area contributed by atoms with Crippen LogP contribution in [0.2, 0.25) is 0 Å². The lowest BCUT2D eigenvalue weighted by Crippen LogP contribution is -2.63. The Morgan fingerprint density at radius 2 is 1.66 bits per heavy atom. The second-order valence-electron chi connectivity index (χ2n) is 12.0. The lowest BCUT2D eigenvalue weighted by atomic mass is 9.43. The van der Waals surface area contributed by atoms with Gasteiger partial charge in [0.25, 0.3) is 0 Å². The number of fused-ring (bicyclic) bond motifs is 5. The molecule has 4 N–H and O–H groups in total. The van der Waals surface area contributed by atoms with Gasteiger partial charge in [0.05, 0.1) is 12.2 Å². The summed E-state index contributed by atoms with van der Waals surface area (Å²) in [7, 11) is 0. The van der Waals surface area contributed by atoms with Gasteiger partial charge in [-0.2, -0.15) is 0 Å². The van der Waals surface area contributed by atoms with Gasteiger partial charge in [0.15, 0.2) is 0 Å². The Morgan fingerprint density at radius 3 is 2.38 bits per heavy atom. The standard InChI is InChI=1S/C26H43NO5/c1-15(7-10-20(28)27-14-21(29)30)16-8-9-17-22-18(11-13-26(16,17)3)25(2)12-5-4-6-19(25)23(31)24(22)32/h15-19,22-24,31-32H,4-14H2,1-3H3,(H,27,28)(H,29,30). The molecule has 0 radical (unpaired) electrons. The zero-order valence-electron chi connectivity index (χ0n) is 20.1. The zero-order valence-corrected chi connectivity index (χ0v) is 20.1. The van der Waals surface area contributed by atoms with Gasteiger partial charge in [0.2, 0.25) is 5.91 Å². The highest BCUT2D eigenvalue weighted by Crippen LogP contribution is 2.68. The molecule has 0 saturated heterocycles. The van der Waals surface area contributed by atoms with Gasteiger partial charge >= 0.3 is 5.97 Å². The first-order valence-electron chi connectivity index (χ1n) is 12.9. The molecule has 4 saturated carbocycles. The van der Waals surface area contributed by atoms with Crippen molar-refractivity contribution < 1.29 is 24.9 Å². The van der Waals surface area contributed by atoms with Crippen molar-refractivity contribution in [3.05, 3.63) is 0 Å². The third-order valence-electron chi connectivity index (χ3n) is 10.7. The van der Waals surface area contributed by atoms with Gasteiger partial charge in [0, 0.05) is 6.42 Å². The average molecular weight is 450 g/mol. The van der Waals surface area contributed by atoms with Crippen molar-refractivity contribution in [2.75, 3.05) is 6.54 Å². The Labute approximate surface area is 192 Å². The molecule has 10 unspecified atom stereocenters. The van der Waals surface area contributed by atoms with Crippen LogP contribution in [0.1, 0.15) is 85.0 Å². The van der Waals surface area contributed by atoms with Crippen molar-refractivity contribution in [1.29, 1.82) is 0 Å². The summed E-state index contributed by atoms with van der Waals surface area (Å²) < 4.78 is 0. The third-order valence-corrected chi connectivity index (χ3v) is 10.7. The zero-order chi connectivity index (χ0) is 23.3. The summed E-state index contributed by atoms with van der Waals surface area (Å²) in [6, 6.07) is 0. The number of hydrogen-bond donors (Lipinski definition) is 4. The normalized spacial score (nSPS) is 46.5. The van der Waals surface area contributed by atoms with Crippen LogP contribution >= 0.6 is 0 Å². The van der Waals surface area contributed by atoms with E-state index in [1.165, 1.54) is 25.7 Å². The minimum atomic E-state index is -1.02. The van der Waals surface area contributed by atoms with E-state index in [1.54, 1.807) is 0 Å². The molecule has 4 fully saturated rings. The fraction of sp³-hybridized carbons (Fsp3) is 0.923. The second-order valence-corrected chi connectivity index (χ2v) is 12.0. The maximum atomic E-state index is 12.0. The van der Waals surface area contributed by atoms with Crippen LogP contribution in [0.3, 0.4) is 0 Å². The third kappa shape index (κ3) is 3.89. The highest BCUT2D eigenvalue weighted by atomic mass is 16.4. The van der Waals surface area contributed by atoms with Crippen LogP contribution in [-0.2, 0) is 9.59 Å². The first-order valence-corrected chi connectivity index (χ1v) is 12.9. The molecule has 0 aromatic carbocycles. The van der Waals surface area contributed by atoms with Crippen molar-refractivity contribution in [3.8, 4) is 0 Å². The molecule has 4 aliphatic carbocycles. The first-order chi connectivity index (χ1) is 15.1. The molecule has 0 aromatic rings. The van der Waals surface area contributed by atoms with Gasteiger partial charge in [-0.05, 0) is 91.3 Å². The van der Waals surface area contributed by atoms with Crippen LogP contribution in [0, 0.1) is 46.3 Å².